The highest BCUT2D eigenvalue weighted by Crippen LogP contribution is 2.25. The van der Waals surface area contributed by atoms with Crippen LogP contribution in [-0.4, -0.2) is 33.9 Å². The van der Waals surface area contributed by atoms with Gasteiger partial charge in [-0.2, -0.15) is 0 Å². The molecule has 26 heavy (non-hydrogen) atoms. The topological polar surface area (TPSA) is 46.1 Å². The van der Waals surface area contributed by atoms with Crippen LogP contribution in [0.15, 0.2) is 53.0 Å². The third-order valence-electron chi connectivity index (χ3n) is 4.46. The Labute approximate surface area is 162 Å². The predicted molar refractivity (Wildman–Crippen MR) is 109 cm³/mol. The van der Waals surface area contributed by atoms with E-state index in [0.29, 0.717) is 18.7 Å². The van der Waals surface area contributed by atoms with E-state index in [9.17, 15) is 4.79 Å². The summed E-state index contributed by atoms with van der Waals surface area (Å²) in [5, 5.41) is 0.992. The molecule has 0 radical (unpaired) electrons. The zero-order valence-electron chi connectivity index (χ0n) is 15.1. The SMILES string of the molecule is CCN(CC)C(=O)CCc1nc(-c2ccccc2)nc2ccc(Br)cc12. The number of aryl methyl sites for hydroxylation is 1. The number of hydrogen-bond acceptors (Lipinski definition) is 3. The maximum atomic E-state index is 12.4. The maximum absolute atomic E-state index is 12.4. The van der Waals surface area contributed by atoms with E-state index in [2.05, 4.69) is 15.9 Å². The molecule has 3 rings (SSSR count). The van der Waals surface area contributed by atoms with Crippen LogP contribution < -0.4 is 0 Å². The summed E-state index contributed by atoms with van der Waals surface area (Å²) in [6.45, 7) is 5.49. The van der Waals surface area contributed by atoms with Crippen molar-refractivity contribution < 1.29 is 4.79 Å². The number of carbonyl (C=O) groups excluding carboxylic acids is 1. The first-order chi connectivity index (χ1) is 12.6. The second-order valence-corrected chi connectivity index (χ2v) is 7.00. The molecule has 0 aliphatic rings. The summed E-state index contributed by atoms with van der Waals surface area (Å²) in [6.07, 6.45) is 1.05. The number of aromatic nitrogens is 2. The highest BCUT2D eigenvalue weighted by molar-refractivity contribution is 9.10. The number of amides is 1. The minimum atomic E-state index is 0.165. The van der Waals surface area contributed by atoms with Gasteiger partial charge in [0.05, 0.1) is 11.2 Å². The van der Waals surface area contributed by atoms with Gasteiger partial charge in [-0.25, -0.2) is 9.97 Å². The van der Waals surface area contributed by atoms with Gasteiger partial charge < -0.3 is 4.90 Å². The molecule has 0 aliphatic carbocycles. The quantitative estimate of drug-likeness (QED) is 0.581. The molecule has 0 unspecified atom stereocenters. The van der Waals surface area contributed by atoms with Gasteiger partial charge in [-0.05, 0) is 38.5 Å². The van der Waals surface area contributed by atoms with Crippen molar-refractivity contribution in [1.82, 2.24) is 14.9 Å². The zero-order chi connectivity index (χ0) is 18.5. The van der Waals surface area contributed by atoms with Crippen LogP contribution in [-0.2, 0) is 11.2 Å². The van der Waals surface area contributed by atoms with E-state index in [1.165, 1.54) is 0 Å². The third kappa shape index (κ3) is 4.10. The molecule has 0 N–H and O–H groups in total. The highest BCUT2D eigenvalue weighted by atomic mass is 79.9. The molecular formula is C21H22BrN3O. The molecule has 0 spiro atoms. The maximum Gasteiger partial charge on any atom is 0.222 e. The molecule has 4 nitrogen and oxygen atoms in total. The van der Waals surface area contributed by atoms with Crippen LogP contribution in [0.2, 0.25) is 0 Å². The van der Waals surface area contributed by atoms with E-state index < -0.39 is 0 Å². The van der Waals surface area contributed by atoms with E-state index in [-0.39, 0.29) is 5.91 Å². The van der Waals surface area contributed by atoms with Gasteiger partial charge in [-0.3, -0.25) is 4.79 Å². The van der Waals surface area contributed by atoms with Crippen LogP contribution >= 0.6 is 15.9 Å². The van der Waals surface area contributed by atoms with Crippen molar-refractivity contribution in [3.63, 3.8) is 0 Å². The summed E-state index contributed by atoms with van der Waals surface area (Å²) in [5.74, 6) is 0.865. The van der Waals surface area contributed by atoms with Crippen molar-refractivity contribution >= 4 is 32.7 Å². The van der Waals surface area contributed by atoms with E-state index in [1.807, 2.05) is 67.3 Å². The second kappa shape index (κ2) is 8.41. The Bertz CT molecular complexity index is 908. The fraction of sp³-hybridized carbons (Fsp3) is 0.286. The Morgan fingerprint density at radius 3 is 2.46 bits per heavy atom. The monoisotopic (exact) mass is 411 g/mol. The van der Waals surface area contributed by atoms with Crippen LogP contribution in [0.1, 0.15) is 26.0 Å². The normalized spacial score (nSPS) is 10.9. The lowest BCUT2D eigenvalue weighted by Gasteiger charge is -2.18. The Kier molecular flexibility index (Phi) is 5.99. The highest BCUT2D eigenvalue weighted by Gasteiger charge is 2.14. The van der Waals surface area contributed by atoms with Crippen LogP contribution in [0.4, 0.5) is 0 Å². The van der Waals surface area contributed by atoms with Gasteiger partial charge >= 0.3 is 0 Å². The van der Waals surface area contributed by atoms with Crippen LogP contribution in [0.3, 0.4) is 0 Å². The third-order valence-corrected chi connectivity index (χ3v) is 4.95. The van der Waals surface area contributed by atoms with Crippen LogP contribution in [0.25, 0.3) is 22.3 Å². The van der Waals surface area contributed by atoms with Gasteiger partial charge in [0.25, 0.3) is 0 Å². The van der Waals surface area contributed by atoms with Crippen LogP contribution in [0.5, 0.6) is 0 Å². The van der Waals surface area contributed by atoms with Crippen LogP contribution in [0, 0.1) is 0 Å². The molecule has 1 heterocycles. The average molecular weight is 412 g/mol. The number of hydrogen-bond donors (Lipinski definition) is 0. The number of halogens is 1. The molecule has 0 atom stereocenters. The number of rotatable bonds is 6. The molecule has 134 valence electrons. The van der Waals surface area contributed by atoms with Crippen molar-refractivity contribution in [3.05, 3.63) is 58.7 Å². The molecular weight excluding hydrogens is 390 g/mol. The lowest BCUT2D eigenvalue weighted by molar-refractivity contribution is -0.130. The molecule has 0 fully saturated rings. The first-order valence-electron chi connectivity index (χ1n) is 8.91. The van der Waals surface area contributed by atoms with Crippen molar-refractivity contribution in [3.8, 4) is 11.4 Å². The summed E-state index contributed by atoms with van der Waals surface area (Å²) in [4.78, 5) is 23.8. The molecule has 0 aliphatic heterocycles. The second-order valence-electron chi connectivity index (χ2n) is 6.09. The fourth-order valence-electron chi connectivity index (χ4n) is 3.03. The number of benzene rings is 2. The Balaban J connectivity index is 1.99. The standard InChI is InChI=1S/C21H22BrN3O/c1-3-25(4-2)20(26)13-12-19-17-14-16(22)10-11-18(17)23-21(24-19)15-8-6-5-7-9-15/h5-11,14H,3-4,12-13H2,1-2H3. The Morgan fingerprint density at radius 1 is 1.04 bits per heavy atom. The first-order valence-corrected chi connectivity index (χ1v) is 9.71. The zero-order valence-corrected chi connectivity index (χ0v) is 16.7. The predicted octanol–water partition coefficient (Wildman–Crippen LogP) is 4.86. The summed E-state index contributed by atoms with van der Waals surface area (Å²) < 4.78 is 0.984. The summed E-state index contributed by atoms with van der Waals surface area (Å²) in [5.41, 5.74) is 2.79. The first kappa shape index (κ1) is 18.5. The van der Waals surface area contributed by atoms with Gasteiger partial charge in [0.15, 0.2) is 5.82 Å². The molecule has 3 aromatic rings. The fourth-order valence-corrected chi connectivity index (χ4v) is 3.39. The van der Waals surface area contributed by atoms with E-state index in [4.69, 9.17) is 9.97 Å². The number of fused-ring (bicyclic) bond motifs is 1. The molecule has 0 saturated carbocycles. The summed E-state index contributed by atoms with van der Waals surface area (Å²) in [7, 11) is 0. The Hall–Kier alpha value is -2.27. The van der Waals surface area contributed by atoms with Gasteiger partial charge in [0.2, 0.25) is 5.91 Å². The smallest absolute Gasteiger partial charge is 0.222 e. The van der Waals surface area contributed by atoms with Crippen molar-refractivity contribution in [2.75, 3.05) is 13.1 Å². The minimum Gasteiger partial charge on any atom is -0.343 e. The number of carbonyl (C=O) groups is 1. The minimum absolute atomic E-state index is 0.165. The lowest BCUT2D eigenvalue weighted by Crippen LogP contribution is -2.30. The molecule has 0 bridgehead atoms. The lowest BCUT2D eigenvalue weighted by atomic mass is 10.1. The van der Waals surface area contributed by atoms with Gasteiger partial charge in [0.1, 0.15) is 0 Å². The summed E-state index contributed by atoms with van der Waals surface area (Å²) >= 11 is 3.52. The van der Waals surface area contributed by atoms with Gasteiger partial charge in [0, 0.05) is 34.9 Å². The van der Waals surface area contributed by atoms with Crippen molar-refractivity contribution in [2.24, 2.45) is 0 Å². The Morgan fingerprint density at radius 2 is 1.77 bits per heavy atom. The largest absolute Gasteiger partial charge is 0.343 e. The van der Waals surface area contributed by atoms with Crippen molar-refractivity contribution in [2.45, 2.75) is 26.7 Å². The van der Waals surface area contributed by atoms with E-state index >= 15 is 0 Å². The van der Waals surface area contributed by atoms with Crippen molar-refractivity contribution in [1.29, 1.82) is 0 Å². The van der Waals surface area contributed by atoms with Gasteiger partial charge in [-0.1, -0.05) is 46.3 Å². The molecule has 0 saturated heterocycles. The molecule has 2 aromatic carbocycles. The van der Waals surface area contributed by atoms with E-state index in [1.54, 1.807) is 0 Å². The molecule has 5 heteroatoms. The molecule has 1 aromatic heterocycles. The molecule has 1 amide bonds. The average Bonchev–Trinajstić information content (AvgIpc) is 2.67. The van der Waals surface area contributed by atoms with E-state index in [0.717, 1.165) is 39.7 Å². The van der Waals surface area contributed by atoms with Gasteiger partial charge in [-0.15, -0.1) is 0 Å². The summed E-state index contributed by atoms with van der Waals surface area (Å²) in [6, 6.07) is 15.9. The number of nitrogens with zero attached hydrogens (tertiary/aromatic N) is 3.